The minimum atomic E-state index is -0.111. The molecule has 0 saturated carbocycles. The Morgan fingerprint density at radius 3 is 2.74 bits per heavy atom. The van der Waals surface area contributed by atoms with E-state index in [1.165, 1.54) is 5.56 Å². The van der Waals surface area contributed by atoms with Gasteiger partial charge in [-0.1, -0.05) is 18.2 Å². The molecule has 0 spiro atoms. The maximum absolute atomic E-state index is 12.8. The van der Waals surface area contributed by atoms with E-state index in [0.717, 1.165) is 23.3 Å². The van der Waals surface area contributed by atoms with Gasteiger partial charge in [0.05, 0.1) is 12.1 Å². The highest BCUT2D eigenvalue weighted by atomic mass is 16.5. The minimum absolute atomic E-state index is 0.0435. The third kappa shape index (κ3) is 3.57. The third-order valence-electron chi connectivity index (χ3n) is 4.53. The van der Waals surface area contributed by atoms with Crippen LogP contribution in [0, 0.1) is 0 Å². The molecule has 3 aromatic rings. The van der Waals surface area contributed by atoms with E-state index in [2.05, 4.69) is 21.0 Å². The number of amides is 1. The first-order chi connectivity index (χ1) is 13.1. The molecule has 2 N–H and O–H groups in total. The zero-order valence-corrected chi connectivity index (χ0v) is 14.9. The van der Waals surface area contributed by atoms with Crippen LogP contribution in [0.15, 0.2) is 55.1 Å². The van der Waals surface area contributed by atoms with Crippen molar-refractivity contribution < 1.29 is 9.53 Å². The molecule has 0 bridgehead atoms. The summed E-state index contributed by atoms with van der Waals surface area (Å²) in [6.45, 7) is 0.503. The molecular formula is C20H19N5O2. The van der Waals surface area contributed by atoms with E-state index in [1.54, 1.807) is 42.8 Å². The van der Waals surface area contributed by atoms with Crippen LogP contribution in [0.1, 0.15) is 15.9 Å². The Kier molecular flexibility index (Phi) is 4.42. The van der Waals surface area contributed by atoms with Crippen molar-refractivity contribution in [1.29, 1.82) is 0 Å². The number of pyridine rings is 1. The highest BCUT2D eigenvalue weighted by molar-refractivity contribution is 5.94. The number of likely N-dealkylation sites (N-methyl/N-ethyl adjacent to an activating group) is 1. The molecule has 0 fully saturated rings. The highest BCUT2D eigenvalue weighted by Crippen LogP contribution is 2.28. The van der Waals surface area contributed by atoms with Crippen LogP contribution in [0.2, 0.25) is 0 Å². The summed E-state index contributed by atoms with van der Waals surface area (Å²) in [5, 5.41) is 0. The lowest BCUT2D eigenvalue weighted by atomic mass is 10.1. The summed E-state index contributed by atoms with van der Waals surface area (Å²) in [6, 6.07) is 9.75. The Bertz CT molecular complexity index is 949. The van der Waals surface area contributed by atoms with Gasteiger partial charge < -0.3 is 15.4 Å². The van der Waals surface area contributed by atoms with Gasteiger partial charge in [-0.05, 0) is 17.7 Å². The predicted octanol–water partition coefficient (Wildman–Crippen LogP) is 2.20. The SMILES string of the molecule is CN(C[C@@H]1Cc2ccccc2O1)C(=O)c1cncc(-c2cnc(N)nc2)c1. The Labute approximate surface area is 156 Å². The van der Waals surface area contributed by atoms with Crippen LogP contribution in [0.5, 0.6) is 5.75 Å². The topological polar surface area (TPSA) is 94.2 Å². The summed E-state index contributed by atoms with van der Waals surface area (Å²) in [6.07, 6.45) is 7.21. The monoisotopic (exact) mass is 361 g/mol. The first-order valence-electron chi connectivity index (χ1n) is 8.63. The van der Waals surface area contributed by atoms with Crippen molar-refractivity contribution in [3.63, 3.8) is 0 Å². The van der Waals surface area contributed by atoms with Crippen molar-refractivity contribution in [2.24, 2.45) is 0 Å². The molecule has 0 unspecified atom stereocenters. The van der Waals surface area contributed by atoms with Crippen molar-refractivity contribution in [2.45, 2.75) is 12.5 Å². The van der Waals surface area contributed by atoms with Gasteiger partial charge >= 0.3 is 0 Å². The van der Waals surface area contributed by atoms with E-state index in [9.17, 15) is 4.79 Å². The number of hydrogen-bond acceptors (Lipinski definition) is 6. The number of benzene rings is 1. The van der Waals surface area contributed by atoms with E-state index in [4.69, 9.17) is 10.5 Å². The molecule has 1 amide bonds. The second-order valence-corrected chi connectivity index (χ2v) is 6.53. The fourth-order valence-electron chi connectivity index (χ4n) is 3.17. The van der Waals surface area contributed by atoms with Gasteiger partial charge in [0.2, 0.25) is 5.95 Å². The predicted molar refractivity (Wildman–Crippen MR) is 101 cm³/mol. The van der Waals surface area contributed by atoms with Crippen LogP contribution < -0.4 is 10.5 Å². The molecule has 1 aromatic carbocycles. The van der Waals surface area contributed by atoms with Gasteiger partial charge in [0.15, 0.2) is 0 Å². The second kappa shape index (κ2) is 7.03. The normalized spacial score (nSPS) is 15.1. The number of anilines is 1. The van der Waals surface area contributed by atoms with Crippen molar-refractivity contribution >= 4 is 11.9 Å². The Morgan fingerprint density at radius 2 is 1.96 bits per heavy atom. The van der Waals surface area contributed by atoms with Crippen molar-refractivity contribution in [3.05, 3.63) is 66.2 Å². The van der Waals surface area contributed by atoms with Crippen molar-refractivity contribution in [1.82, 2.24) is 19.9 Å². The first kappa shape index (κ1) is 17.0. The lowest BCUT2D eigenvalue weighted by Crippen LogP contribution is -2.36. The van der Waals surface area contributed by atoms with Crippen molar-refractivity contribution in [3.8, 4) is 16.9 Å². The van der Waals surface area contributed by atoms with Gasteiger partial charge in [-0.25, -0.2) is 9.97 Å². The number of carbonyl (C=O) groups excluding carboxylic acids is 1. The lowest BCUT2D eigenvalue weighted by Gasteiger charge is -2.21. The molecule has 2 aromatic heterocycles. The average molecular weight is 361 g/mol. The lowest BCUT2D eigenvalue weighted by molar-refractivity contribution is 0.0730. The summed E-state index contributed by atoms with van der Waals surface area (Å²) >= 11 is 0. The van der Waals surface area contributed by atoms with Gasteiger partial charge in [0.25, 0.3) is 5.91 Å². The number of ether oxygens (including phenoxy) is 1. The Morgan fingerprint density at radius 1 is 1.19 bits per heavy atom. The summed E-state index contributed by atoms with van der Waals surface area (Å²) < 4.78 is 5.93. The molecule has 0 aliphatic carbocycles. The maximum atomic E-state index is 12.8. The third-order valence-corrected chi connectivity index (χ3v) is 4.53. The molecule has 0 radical (unpaired) electrons. The van der Waals surface area contributed by atoms with Crippen LogP contribution in [0.4, 0.5) is 5.95 Å². The van der Waals surface area contributed by atoms with Gasteiger partial charge in [-0.3, -0.25) is 9.78 Å². The number of hydrogen-bond donors (Lipinski definition) is 1. The first-order valence-corrected chi connectivity index (χ1v) is 8.63. The second-order valence-electron chi connectivity index (χ2n) is 6.53. The number of rotatable bonds is 4. The van der Waals surface area contributed by atoms with Crippen LogP contribution >= 0.6 is 0 Å². The van der Waals surface area contributed by atoms with E-state index in [0.29, 0.717) is 12.1 Å². The zero-order valence-electron chi connectivity index (χ0n) is 14.9. The molecule has 1 aliphatic heterocycles. The van der Waals surface area contributed by atoms with E-state index in [-0.39, 0.29) is 18.0 Å². The van der Waals surface area contributed by atoms with Gasteiger partial charge in [-0.15, -0.1) is 0 Å². The van der Waals surface area contributed by atoms with Crippen LogP contribution in [-0.4, -0.2) is 45.5 Å². The zero-order chi connectivity index (χ0) is 18.8. The van der Waals surface area contributed by atoms with Crippen LogP contribution in [0.3, 0.4) is 0 Å². The molecule has 0 saturated heterocycles. The summed E-state index contributed by atoms with van der Waals surface area (Å²) in [7, 11) is 1.77. The Hall–Kier alpha value is -3.48. The number of aromatic nitrogens is 3. The van der Waals surface area contributed by atoms with Crippen LogP contribution in [-0.2, 0) is 6.42 Å². The number of nitrogens with two attached hydrogens (primary N) is 1. The van der Waals surface area contributed by atoms with Gasteiger partial charge in [0, 0.05) is 49.4 Å². The smallest absolute Gasteiger partial charge is 0.255 e. The van der Waals surface area contributed by atoms with E-state index < -0.39 is 0 Å². The fraction of sp³-hybridized carbons (Fsp3) is 0.200. The largest absolute Gasteiger partial charge is 0.488 e. The van der Waals surface area contributed by atoms with Gasteiger partial charge in [0.1, 0.15) is 11.9 Å². The molecule has 3 heterocycles. The summed E-state index contributed by atoms with van der Waals surface area (Å²) in [5.41, 5.74) is 8.72. The van der Waals surface area contributed by atoms with E-state index >= 15 is 0 Å². The molecule has 27 heavy (non-hydrogen) atoms. The standard InChI is InChI=1S/C20H19N5O2/c1-25(12-17-7-13-4-2-3-5-18(13)27-17)19(26)15-6-14(8-22-9-15)16-10-23-20(21)24-11-16/h2-6,8-11,17H,7,12H2,1H3,(H2,21,23,24)/t17-/m0/s1. The number of fused-ring (bicyclic) bond motifs is 1. The minimum Gasteiger partial charge on any atom is -0.488 e. The summed E-state index contributed by atoms with van der Waals surface area (Å²) in [5.74, 6) is 0.992. The summed E-state index contributed by atoms with van der Waals surface area (Å²) in [4.78, 5) is 26.6. The molecule has 136 valence electrons. The quantitative estimate of drug-likeness (QED) is 0.765. The number of para-hydroxylation sites is 1. The highest BCUT2D eigenvalue weighted by Gasteiger charge is 2.25. The molecule has 1 aliphatic rings. The van der Waals surface area contributed by atoms with Crippen LogP contribution in [0.25, 0.3) is 11.1 Å². The number of carbonyl (C=O) groups is 1. The molecular weight excluding hydrogens is 342 g/mol. The maximum Gasteiger partial charge on any atom is 0.255 e. The molecule has 1 atom stereocenters. The number of nitrogen functional groups attached to an aromatic ring is 1. The average Bonchev–Trinajstić information content (AvgIpc) is 3.10. The fourth-order valence-corrected chi connectivity index (χ4v) is 3.17. The van der Waals surface area contributed by atoms with Crippen molar-refractivity contribution in [2.75, 3.05) is 19.3 Å². The van der Waals surface area contributed by atoms with Gasteiger partial charge in [-0.2, -0.15) is 0 Å². The number of nitrogens with zero attached hydrogens (tertiary/aromatic N) is 4. The molecule has 7 heteroatoms. The molecule has 4 rings (SSSR count). The molecule has 7 nitrogen and oxygen atoms in total. The Balaban J connectivity index is 1.46. The van der Waals surface area contributed by atoms with E-state index in [1.807, 2.05) is 18.2 Å².